The third-order valence-electron chi connectivity index (χ3n) is 5.45. The van der Waals surface area contributed by atoms with Crippen LogP contribution in [0.4, 0.5) is 0 Å². The van der Waals surface area contributed by atoms with Gasteiger partial charge in [0, 0.05) is 17.1 Å². The maximum atomic E-state index is 13.1. The van der Waals surface area contributed by atoms with Crippen molar-refractivity contribution in [1.29, 1.82) is 0 Å². The second-order valence-electron chi connectivity index (χ2n) is 7.52. The Morgan fingerprint density at radius 1 is 1.30 bits per heavy atom. The number of carbonyl (C=O) groups is 1. The third kappa shape index (κ3) is 3.25. The molecule has 1 unspecified atom stereocenters. The van der Waals surface area contributed by atoms with Crippen LogP contribution in [0.25, 0.3) is 20.4 Å². The zero-order valence-electron chi connectivity index (χ0n) is 15.9. The molecule has 27 heavy (non-hydrogen) atoms. The zero-order chi connectivity index (χ0) is 19.1. The summed E-state index contributed by atoms with van der Waals surface area (Å²) in [6.45, 7) is 5.71. The van der Waals surface area contributed by atoms with Crippen LogP contribution in [-0.4, -0.2) is 26.5 Å². The summed E-state index contributed by atoms with van der Waals surface area (Å²) in [5, 5.41) is 4.03. The minimum absolute atomic E-state index is 0.114. The van der Waals surface area contributed by atoms with E-state index in [9.17, 15) is 9.59 Å². The maximum absolute atomic E-state index is 13.1. The number of carbonyl (C=O) groups excluding carboxylic acids is 1. The summed E-state index contributed by atoms with van der Waals surface area (Å²) < 4.78 is 2.00. The highest BCUT2D eigenvalue weighted by Gasteiger charge is 2.23. The predicted molar refractivity (Wildman–Crippen MR) is 108 cm³/mol. The number of pyridine rings is 1. The summed E-state index contributed by atoms with van der Waals surface area (Å²) in [7, 11) is 0. The van der Waals surface area contributed by atoms with Crippen molar-refractivity contribution in [3.8, 4) is 0 Å². The molecular formula is C20H24N4O2S. The molecule has 0 spiro atoms. The number of thiophene rings is 1. The van der Waals surface area contributed by atoms with E-state index >= 15 is 0 Å². The van der Waals surface area contributed by atoms with Crippen LogP contribution in [0.15, 0.2) is 17.2 Å². The summed E-state index contributed by atoms with van der Waals surface area (Å²) in [6.07, 6.45) is 7.08. The Labute approximate surface area is 161 Å². The summed E-state index contributed by atoms with van der Waals surface area (Å²) in [5.41, 5.74) is 2.50. The number of aromatic nitrogens is 3. The predicted octanol–water partition coefficient (Wildman–Crippen LogP) is 3.63. The van der Waals surface area contributed by atoms with E-state index < -0.39 is 6.04 Å². The smallest absolute Gasteiger partial charge is 0.272 e. The summed E-state index contributed by atoms with van der Waals surface area (Å²) in [6, 6.07) is 1.64. The number of hydrogen-bond donors (Lipinski definition) is 1. The molecule has 3 aromatic rings. The molecule has 1 N–H and O–H groups in total. The molecule has 142 valence electrons. The largest absolute Gasteiger partial charge is 0.352 e. The average Bonchev–Trinajstić information content (AvgIpc) is 3.02. The minimum Gasteiger partial charge on any atom is -0.352 e. The van der Waals surface area contributed by atoms with Crippen LogP contribution in [0.3, 0.4) is 0 Å². The molecule has 1 saturated carbocycles. The standard InChI is InChI=1S/C20H24N4O2S/c1-11-9-12(2)22-19-15(11)16-17(27-19)20(26)24(10-21-16)13(3)18(25)23-14-7-5-4-6-8-14/h9-10,13-14H,4-8H2,1-3H3,(H,23,25). The van der Waals surface area contributed by atoms with Gasteiger partial charge in [-0.05, 0) is 45.2 Å². The van der Waals surface area contributed by atoms with Crippen LogP contribution in [0, 0.1) is 13.8 Å². The number of hydrogen-bond acceptors (Lipinski definition) is 5. The van der Waals surface area contributed by atoms with E-state index in [1.165, 1.54) is 28.7 Å². The van der Waals surface area contributed by atoms with Gasteiger partial charge in [-0.3, -0.25) is 14.2 Å². The molecule has 1 aliphatic rings. The summed E-state index contributed by atoms with van der Waals surface area (Å²) in [4.78, 5) is 35.6. The highest BCUT2D eigenvalue weighted by atomic mass is 32.1. The van der Waals surface area contributed by atoms with Crippen LogP contribution >= 0.6 is 11.3 Å². The second kappa shape index (κ2) is 7.03. The van der Waals surface area contributed by atoms with E-state index in [4.69, 9.17) is 0 Å². The van der Waals surface area contributed by atoms with E-state index in [1.54, 1.807) is 6.92 Å². The number of amides is 1. The van der Waals surface area contributed by atoms with Gasteiger partial charge >= 0.3 is 0 Å². The van der Waals surface area contributed by atoms with Gasteiger partial charge in [0.2, 0.25) is 5.91 Å². The third-order valence-corrected chi connectivity index (χ3v) is 6.51. The van der Waals surface area contributed by atoms with E-state index in [-0.39, 0.29) is 17.5 Å². The topological polar surface area (TPSA) is 76.9 Å². The van der Waals surface area contributed by atoms with Gasteiger partial charge in [-0.15, -0.1) is 11.3 Å². The van der Waals surface area contributed by atoms with Crippen LogP contribution in [-0.2, 0) is 4.79 Å². The van der Waals surface area contributed by atoms with Crippen LogP contribution in [0.1, 0.15) is 56.3 Å². The molecule has 3 heterocycles. The van der Waals surface area contributed by atoms with Crippen molar-refractivity contribution in [2.24, 2.45) is 0 Å². The maximum Gasteiger partial charge on any atom is 0.272 e. The van der Waals surface area contributed by atoms with Crippen LogP contribution < -0.4 is 10.9 Å². The van der Waals surface area contributed by atoms with Crippen LogP contribution in [0.5, 0.6) is 0 Å². The van der Waals surface area contributed by atoms with Crippen molar-refractivity contribution in [3.05, 3.63) is 34.0 Å². The zero-order valence-corrected chi connectivity index (χ0v) is 16.7. The lowest BCUT2D eigenvalue weighted by Crippen LogP contribution is -2.42. The monoisotopic (exact) mass is 384 g/mol. The molecule has 1 amide bonds. The quantitative estimate of drug-likeness (QED) is 0.748. The number of rotatable bonds is 3. The van der Waals surface area contributed by atoms with E-state index in [1.807, 2.05) is 19.9 Å². The van der Waals surface area contributed by atoms with Gasteiger partial charge in [0.25, 0.3) is 5.56 Å². The first-order valence-corrected chi connectivity index (χ1v) is 10.4. The summed E-state index contributed by atoms with van der Waals surface area (Å²) in [5.74, 6) is -0.114. The van der Waals surface area contributed by atoms with Gasteiger partial charge in [-0.1, -0.05) is 19.3 Å². The Morgan fingerprint density at radius 2 is 2.04 bits per heavy atom. The Hall–Kier alpha value is -2.28. The van der Waals surface area contributed by atoms with Crippen molar-refractivity contribution in [2.75, 3.05) is 0 Å². The van der Waals surface area contributed by atoms with Crippen molar-refractivity contribution in [3.63, 3.8) is 0 Å². The molecular weight excluding hydrogens is 360 g/mol. The first-order valence-electron chi connectivity index (χ1n) is 9.53. The van der Waals surface area contributed by atoms with E-state index in [0.29, 0.717) is 10.2 Å². The van der Waals surface area contributed by atoms with Gasteiger partial charge in [-0.25, -0.2) is 9.97 Å². The average molecular weight is 385 g/mol. The van der Waals surface area contributed by atoms with Gasteiger partial charge in [-0.2, -0.15) is 0 Å². The Bertz CT molecular complexity index is 1080. The van der Waals surface area contributed by atoms with E-state index in [0.717, 1.165) is 47.2 Å². The van der Waals surface area contributed by atoms with E-state index in [2.05, 4.69) is 15.3 Å². The number of fused-ring (bicyclic) bond motifs is 3. The minimum atomic E-state index is -0.586. The van der Waals surface area contributed by atoms with Crippen LogP contribution in [0.2, 0.25) is 0 Å². The molecule has 0 bridgehead atoms. The van der Waals surface area contributed by atoms with Crippen molar-refractivity contribution in [2.45, 2.75) is 65.0 Å². The molecule has 0 aliphatic heterocycles. The van der Waals surface area contributed by atoms with Crippen molar-refractivity contribution < 1.29 is 4.79 Å². The normalized spacial score (nSPS) is 16.7. The summed E-state index contributed by atoms with van der Waals surface area (Å²) >= 11 is 1.36. The fraction of sp³-hybridized carbons (Fsp3) is 0.500. The lowest BCUT2D eigenvalue weighted by Gasteiger charge is -2.24. The number of nitrogens with one attached hydrogen (secondary N) is 1. The second-order valence-corrected chi connectivity index (χ2v) is 8.52. The van der Waals surface area contributed by atoms with Gasteiger partial charge in [0.1, 0.15) is 15.6 Å². The van der Waals surface area contributed by atoms with Crippen molar-refractivity contribution >= 4 is 37.7 Å². The van der Waals surface area contributed by atoms with Gasteiger partial charge < -0.3 is 5.32 Å². The molecule has 1 atom stereocenters. The van der Waals surface area contributed by atoms with Gasteiger partial charge in [0.05, 0.1) is 11.8 Å². The van der Waals surface area contributed by atoms with Crippen molar-refractivity contribution in [1.82, 2.24) is 19.9 Å². The molecule has 4 rings (SSSR count). The fourth-order valence-corrected chi connectivity index (χ4v) is 5.14. The highest BCUT2D eigenvalue weighted by Crippen LogP contribution is 2.31. The molecule has 3 aromatic heterocycles. The molecule has 7 heteroatoms. The van der Waals surface area contributed by atoms with Gasteiger partial charge in [0.15, 0.2) is 0 Å². The molecule has 1 fully saturated rings. The lowest BCUT2D eigenvalue weighted by atomic mass is 9.95. The number of aryl methyl sites for hydroxylation is 2. The first-order chi connectivity index (χ1) is 13.0. The lowest BCUT2D eigenvalue weighted by molar-refractivity contribution is -0.124. The molecule has 0 radical (unpaired) electrons. The molecule has 0 saturated heterocycles. The molecule has 1 aliphatic carbocycles. The Balaban J connectivity index is 1.70. The molecule has 0 aromatic carbocycles. The Morgan fingerprint density at radius 3 is 2.78 bits per heavy atom. The SMILES string of the molecule is Cc1cc(C)c2c(n1)sc1c(=O)n(C(C)C(=O)NC3CCCCC3)cnc12. The fourth-order valence-electron chi connectivity index (χ4n) is 3.95. The first kappa shape index (κ1) is 18.1. The molecule has 6 nitrogen and oxygen atoms in total. The highest BCUT2D eigenvalue weighted by molar-refractivity contribution is 7.25. The number of nitrogens with zero attached hydrogens (tertiary/aromatic N) is 3. The Kier molecular flexibility index (Phi) is 4.72.